The average molecular weight is 231 g/mol. The highest BCUT2D eigenvalue weighted by atomic mass is 32.2. The van der Waals surface area contributed by atoms with E-state index < -0.39 is 12.0 Å². The van der Waals surface area contributed by atoms with E-state index in [2.05, 4.69) is 5.32 Å². The van der Waals surface area contributed by atoms with Crippen molar-refractivity contribution in [3.63, 3.8) is 0 Å². The quantitative estimate of drug-likeness (QED) is 0.511. The molecule has 0 fully saturated rings. The van der Waals surface area contributed by atoms with E-state index in [0.29, 0.717) is 5.75 Å². The second kappa shape index (κ2) is 8.35. The van der Waals surface area contributed by atoms with Crippen molar-refractivity contribution in [2.45, 2.75) is 26.3 Å². The van der Waals surface area contributed by atoms with Crippen LogP contribution in [0.2, 0.25) is 0 Å². The summed E-state index contributed by atoms with van der Waals surface area (Å²) in [6, 6.07) is -0.789. The van der Waals surface area contributed by atoms with E-state index in [9.17, 15) is 9.59 Å². The summed E-state index contributed by atoms with van der Waals surface area (Å²) in [4.78, 5) is 21.4. The third-order valence-electron chi connectivity index (χ3n) is 1.58. The van der Waals surface area contributed by atoms with Gasteiger partial charge in [0.05, 0.1) is 0 Å². The van der Waals surface area contributed by atoms with Gasteiger partial charge >= 0.3 is 5.97 Å². The van der Waals surface area contributed by atoms with Crippen LogP contribution in [0.4, 0.5) is 0 Å². The maximum Gasteiger partial charge on any atom is 0.327 e. The predicted octanol–water partition coefficient (Wildman–Crippen LogP) is 1.28. The molecule has 2 N–H and O–H groups in total. The minimum atomic E-state index is -0.989. The third-order valence-corrected chi connectivity index (χ3v) is 2.57. The van der Waals surface area contributed by atoms with Crippen LogP contribution in [0.5, 0.6) is 0 Å². The highest BCUT2D eigenvalue weighted by Gasteiger charge is 2.17. The van der Waals surface area contributed by atoms with Gasteiger partial charge in [-0.15, -0.1) is 0 Å². The fourth-order valence-corrected chi connectivity index (χ4v) is 1.78. The molecule has 86 valence electrons. The molecule has 0 radical (unpaired) electrons. The van der Waals surface area contributed by atoms with Gasteiger partial charge in [0.2, 0.25) is 5.91 Å². The highest BCUT2D eigenvalue weighted by Crippen LogP contribution is 2.04. The van der Waals surface area contributed by atoms with E-state index in [0.717, 1.165) is 12.2 Å². The molecule has 0 aliphatic heterocycles. The molecule has 0 saturated carbocycles. The van der Waals surface area contributed by atoms with Gasteiger partial charge in [-0.05, 0) is 6.42 Å². The van der Waals surface area contributed by atoms with Gasteiger partial charge < -0.3 is 10.4 Å². The smallest absolute Gasteiger partial charge is 0.327 e. The minimum Gasteiger partial charge on any atom is -0.480 e. The van der Waals surface area contributed by atoms with Gasteiger partial charge in [0.25, 0.3) is 0 Å². The maximum atomic E-state index is 10.7. The summed E-state index contributed by atoms with van der Waals surface area (Å²) < 4.78 is 0. The number of aliphatic carboxylic acids is 1. The van der Waals surface area contributed by atoms with Crippen LogP contribution in [0.3, 0.4) is 0 Å². The summed E-state index contributed by atoms with van der Waals surface area (Å²) in [6.07, 6.45) is 5.01. The van der Waals surface area contributed by atoms with Gasteiger partial charge in [0, 0.05) is 18.4 Å². The zero-order valence-electron chi connectivity index (χ0n) is 9.03. The Hall–Kier alpha value is -0.970. The minimum absolute atomic E-state index is 0.313. The van der Waals surface area contributed by atoms with Crippen molar-refractivity contribution in [2.24, 2.45) is 0 Å². The molecule has 1 atom stereocenters. The fraction of sp³-hybridized carbons (Fsp3) is 0.600. The van der Waals surface area contributed by atoms with Gasteiger partial charge in [-0.25, -0.2) is 4.79 Å². The molecule has 0 aliphatic carbocycles. The van der Waals surface area contributed by atoms with Crippen molar-refractivity contribution in [2.75, 3.05) is 11.5 Å². The van der Waals surface area contributed by atoms with Crippen LogP contribution in [0.15, 0.2) is 12.2 Å². The van der Waals surface area contributed by atoms with Gasteiger partial charge in [-0.3, -0.25) is 4.79 Å². The van der Waals surface area contributed by atoms with Crippen molar-refractivity contribution in [3.8, 4) is 0 Å². The number of hydrogen-bond acceptors (Lipinski definition) is 3. The molecule has 0 rings (SSSR count). The lowest BCUT2D eigenvalue weighted by Gasteiger charge is -2.11. The number of carboxylic acids is 1. The molecule has 0 unspecified atom stereocenters. The summed E-state index contributed by atoms with van der Waals surface area (Å²) in [5.41, 5.74) is 0. The maximum absolute atomic E-state index is 10.7. The Morgan fingerprint density at radius 3 is 2.60 bits per heavy atom. The molecule has 0 aliphatic rings. The standard InChI is InChI=1S/C10H17NO3S/c1-3-4-5-6-15-7-9(10(13)14)11-8(2)12/h4-5,9H,3,6-7H2,1-2H3,(H,11,12)(H,13,14)/b5-4-/t9-/m1/s1. The average Bonchev–Trinajstić information content (AvgIpc) is 2.15. The highest BCUT2D eigenvalue weighted by molar-refractivity contribution is 7.99. The summed E-state index contributed by atoms with van der Waals surface area (Å²) >= 11 is 1.49. The summed E-state index contributed by atoms with van der Waals surface area (Å²) in [5.74, 6) is -0.135. The molecule has 0 heterocycles. The molecule has 1 amide bonds. The van der Waals surface area contributed by atoms with Crippen LogP contribution < -0.4 is 5.32 Å². The second-order valence-corrected chi connectivity index (χ2v) is 4.08. The lowest BCUT2D eigenvalue weighted by atomic mass is 10.3. The molecular formula is C10H17NO3S. The number of rotatable bonds is 7. The Balaban J connectivity index is 3.81. The topological polar surface area (TPSA) is 66.4 Å². The summed E-state index contributed by atoms with van der Waals surface area (Å²) in [7, 11) is 0. The lowest BCUT2D eigenvalue weighted by Crippen LogP contribution is -2.41. The molecule has 0 aromatic heterocycles. The first-order valence-corrected chi connectivity index (χ1v) is 5.96. The van der Waals surface area contributed by atoms with Crippen LogP contribution in [0.25, 0.3) is 0 Å². The third kappa shape index (κ3) is 8.05. The number of carbonyl (C=O) groups is 2. The van der Waals surface area contributed by atoms with E-state index in [4.69, 9.17) is 5.11 Å². The van der Waals surface area contributed by atoms with Gasteiger partial charge in [0.15, 0.2) is 0 Å². The van der Waals surface area contributed by atoms with E-state index in [-0.39, 0.29) is 5.91 Å². The Morgan fingerprint density at radius 2 is 2.13 bits per heavy atom. The van der Waals surface area contributed by atoms with Gasteiger partial charge in [-0.1, -0.05) is 19.1 Å². The Kier molecular flexibility index (Phi) is 7.81. The van der Waals surface area contributed by atoms with E-state index in [1.165, 1.54) is 18.7 Å². The first kappa shape index (κ1) is 14.0. The molecule has 0 bridgehead atoms. The van der Waals surface area contributed by atoms with Gasteiger partial charge in [-0.2, -0.15) is 11.8 Å². The first-order chi connectivity index (χ1) is 7.07. The Bertz CT molecular complexity index is 241. The SMILES string of the molecule is CC/C=C\CSC[C@@H](NC(C)=O)C(=O)O. The molecule has 5 heteroatoms. The van der Waals surface area contributed by atoms with Crippen molar-refractivity contribution in [1.29, 1.82) is 0 Å². The Labute approximate surface area is 94.1 Å². The van der Waals surface area contributed by atoms with Crippen LogP contribution >= 0.6 is 11.8 Å². The van der Waals surface area contributed by atoms with Crippen molar-refractivity contribution in [1.82, 2.24) is 5.32 Å². The normalized spacial score (nSPS) is 12.7. The van der Waals surface area contributed by atoms with Crippen molar-refractivity contribution >= 4 is 23.6 Å². The monoisotopic (exact) mass is 231 g/mol. The number of allylic oxidation sites excluding steroid dienone is 1. The number of nitrogens with one attached hydrogen (secondary N) is 1. The number of hydrogen-bond donors (Lipinski definition) is 2. The molecule has 4 nitrogen and oxygen atoms in total. The zero-order chi connectivity index (χ0) is 11.7. The van der Waals surface area contributed by atoms with Crippen LogP contribution in [0, 0.1) is 0 Å². The fourth-order valence-electron chi connectivity index (χ4n) is 0.909. The van der Waals surface area contributed by atoms with Crippen molar-refractivity contribution < 1.29 is 14.7 Å². The second-order valence-electron chi connectivity index (χ2n) is 3.01. The molecule has 0 saturated heterocycles. The molecular weight excluding hydrogens is 214 g/mol. The summed E-state index contributed by atoms with van der Waals surface area (Å²) in [5, 5.41) is 11.2. The predicted molar refractivity (Wildman–Crippen MR) is 62.0 cm³/mol. The summed E-state index contributed by atoms with van der Waals surface area (Å²) in [6.45, 7) is 3.36. The first-order valence-electron chi connectivity index (χ1n) is 4.80. The number of thioether (sulfide) groups is 1. The largest absolute Gasteiger partial charge is 0.480 e. The molecule has 15 heavy (non-hydrogen) atoms. The molecule has 0 aromatic rings. The van der Waals surface area contributed by atoms with Crippen molar-refractivity contribution in [3.05, 3.63) is 12.2 Å². The molecule has 0 aromatic carbocycles. The zero-order valence-corrected chi connectivity index (χ0v) is 9.84. The molecule has 0 spiro atoms. The lowest BCUT2D eigenvalue weighted by molar-refractivity contribution is -0.140. The van der Waals surface area contributed by atoms with E-state index >= 15 is 0 Å². The van der Waals surface area contributed by atoms with Crippen LogP contribution in [0.1, 0.15) is 20.3 Å². The number of carboxylic acid groups (broad SMARTS) is 1. The Morgan fingerprint density at radius 1 is 1.47 bits per heavy atom. The van der Waals surface area contributed by atoms with Crippen LogP contribution in [-0.2, 0) is 9.59 Å². The van der Waals surface area contributed by atoms with E-state index in [1.807, 2.05) is 19.1 Å². The number of carbonyl (C=O) groups excluding carboxylic acids is 1. The van der Waals surface area contributed by atoms with Crippen LogP contribution in [-0.4, -0.2) is 34.5 Å². The van der Waals surface area contributed by atoms with Gasteiger partial charge in [0.1, 0.15) is 6.04 Å². The van der Waals surface area contributed by atoms with E-state index in [1.54, 1.807) is 0 Å². The number of amides is 1.